The van der Waals surface area contributed by atoms with Gasteiger partial charge in [-0.3, -0.25) is 18.8 Å². The summed E-state index contributed by atoms with van der Waals surface area (Å²) in [6, 6.07) is 6.52. The van der Waals surface area contributed by atoms with E-state index in [4.69, 9.17) is 4.55 Å². The van der Waals surface area contributed by atoms with Gasteiger partial charge in [-0.05, 0) is 26.1 Å². The Labute approximate surface area is 146 Å². The van der Waals surface area contributed by atoms with Crippen LogP contribution in [0.2, 0.25) is 0 Å². The van der Waals surface area contributed by atoms with Crippen LogP contribution in [-0.4, -0.2) is 72.6 Å². The van der Waals surface area contributed by atoms with Crippen molar-refractivity contribution in [3.63, 3.8) is 0 Å². The lowest BCUT2D eigenvalue weighted by Gasteiger charge is -2.36. The molecule has 0 aromatic heterocycles. The van der Waals surface area contributed by atoms with Crippen LogP contribution in [0.15, 0.2) is 30.3 Å². The lowest BCUT2D eigenvalue weighted by Crippen LogP contribution is -2.59. The second kappa shape index (κ2) is 6.30. The van der Waals surface area contributed by atoms with E-state index >= 15 is 0 Å². The van der Waals surface area contributed by atoms with Crippen molar-refractivity contribution in [2.75, 3.05) is 25.0 Å². The second-order valence-electron chi connectivity index (χ2n) is 5.91. The largest absolute Gasteiger partial charge is 0.287 e. The van der Waals surface area contributed by atoms with Crippen molar-refractivity contribution in [2.24, 2.45) is 0 Å². The summed E-state index contributed by atoms with van der Waals surface area (Å²) < 4.78 is 65.3. The Morgan fingerprint density at radius 3 is 2.12 bits per heavy atom. The van der Waals surface area contributed by atoms with Crippen molar-refractivity contribution in [3.05, 3.63) is 30.3 Å². The summed E-state index contributed by atoms with van der Waals surface area (Å²) in [6.07, 6.45) is 0. The maximum Gasteiger partial charge on any atom is 0.287 e. The van der Waals surface area contributed by atoms with Gasteiger partial charge >= 0.3 is 0 Å². The zero-order valence-corrected chi connectivity index (χ0v) is 15.4. The van der Waals surface area contributed by atoms with Crippen molar-refractivity contribution in [2.45, 2.75) is 17.8 Å². The number of carbonyl (C=O) groups is 1. The molecule has 1 heterocycles. The summed E-state index contributed by atoms with van der Waals surface area (Å²) in [6.45, 7) is 1.11. The number of rotatable bonds is 5. The predicted octanol–water partition coefficient (Wildman–Crippen LogP) is -0.370. The molecule has 1 aliphatic rings. The van der Waals surface area contributed by atoms with Crippen molar-refractivity contribution >= 4 is 31.8 Å². The molecule has 2 N–H and O–H groups in total. The Balaban J connectivity index is 2.61. The molecule has 1 amide bonds. The molecule has 1 fully saturated rings. The molecular formula is C13H19N3O7S2. The zero-order valence-electron chi connectivity index (χ0n) is 13.8. The van der Waals surface area contributed by atoms with Gasteiger partial charge in [-0.2, -0.15) is 21.8 Å². The number of hydrazine groups is 1. The van der Waals surface area contributed by atoms with Crippen LogP contribution in [0.25, 0.3) is 0 Å². The third kappa shape index (κ3) is 3.41. The fourth-order valence-electron chi connectivity index (χ4n) is 2.98. The first kappa shape index (κ1) is 19.8. The lowest BCUT2D eigenvalue weighted by molar-refractivity contribution is -0.121. The molecule has 0 bridgehead atoms. The van der Waals surface area contributed by atoms with Crippen LogP contribution in [0.5, 0.6) is 0 Å². The Kier molecular flexibility index (Phi) is 4.98. The Morgan fingerprint density at radius 2 is 1.68 bits per heavy atom. The number of amides is 1. The van der Waals surface area contributed by atoms with Crippen LogP contribution < -0.4 is 5.01 Å². The van der Waals surface area contributed by atoms with Crippen molar-refractivity contribution < 1.29 is 30.7 Å². The molecule has 2 rings (SSSR count). The van der Waals surface area contributed by atoms with Crippen molar-refractivity contribution in [1.82, 2.24) is 9.91 Å². The second-order valence-corrected chi connectivity index (χ2v) is 9.11. The van der Waals surface area contributed by atoms with Crippen LogP contribution in [0.4, 0.5) is 5.69 Å². The number of hydrogen-bond acceptors (Lipinski definition) is 7. The molecule has 12 heteroatoms. The van der Waals surface area contributed by atoms with E-state index in [1.54, 1.807) is 30.3 Å². The summed E-state index contributed by atoms with van der Waals surface area (Å²) in [5.74, 6) is -1.75. The minimum Gasteiger partial charge on any atom is -0.285 e. The molecule has 140 valence electrons. The van der Waals surface area contributed by atoms with Gasteiger partial charge < -0.3 is 0 Å². The zero-order chi connectivity index (χ0) is 19.2. The number of benzene rings is 1. The van der Waals surface area contributed by atoms with E-state index in [0.717, 1.165) is 21.8 Å². The number of likely N-dealkylation sites (N-methyl/N-ethyl adjacent to an activating group) is 2. The van der Waals surface area contributed by atoms with Crippen LogP contribution in [0.3, 0.4) is 0 Å². The van der Waals surface area contributed by atoms with Gasteiger partial charge in [0.1, 0.15) is 11.9 Å². The minimum absolute atomic E-state index is 0.340. The van der Waals surface area contributed by atoms with Gasteiger partial charge in [-0.25, -0.2) is 5.01 Å². The first-order valence-corrected chi connectivity index (χ1v) is 10.1. The molecule has 1 aromatic carbocycles. The van der Waals surface area contributed by atoms with Crippen molar-refractivity contribution in [1.29, 1.82) is 0 Å². The third-order valence-corrected chi connectivity index (χ3v) is 6.49. The van der Waals surface area contributed by atoms with E-state index in [9.17, 15) is 26.2 Å². The molecular weight excluding hydrogens is 374 g/mol. The molecule has 1 saturated heterocycles. The Hall–Kier alpha value is -1.57. The molecule has 1 aliphatic heterocycles. The fraction of sp³-hybridized carbons (Fsp3) is 0.462. The van der Waals surface area contributed by atoms with Crippen LogP contribution in [0, 0.1) is 0 Å². The maximum atomic E-state index is 12.9. The monoisotopic (exact) mass is 393 g/mol. The highest BCUT2D eigenvalue weighted by atomic mass is 32.2. The SMILES string of the molecule is CN(CS(=O)(=O)O)C1C(=O)N(c2ccccc2)N(C)C1(C)S(=O)(=O)O. The molecule has 0 aliphatic carbocycles. The smallest absolute Gasteiger partial charge is 0.285 e. The first-order valence-electron chi connectivity index (χ1n) is 7.06. The maximum absolute atomic E-state index is 12.9. The van der Waals surface area contributed by atoms with Gasteiger partial charge in [-0.15, -0.1) is 0 Å². The number of para-hydroxylation sites is 1. The van der Waals surface area contributed by atoms with E-state index in [1.165, 1.54) is 14.1 Å². The Morgan fingerprint density at radius 1 is 1.16 bits per heavy atom. The summed E-state index contributed by atoms with van der Waals surface area (Å²) in [5, 5.41) is 2.07. The normalized spacial score (nSPS) is 25.8. The van der Waals surface area contributed by atoms with E-state index in [2.05, 4.69) is 0 Å². The fourth-order valence-corrected chi connectivity index (χ4v) is 4.62. The summed E-state index contributed by atoms with van der Waals surface area (Å²) >= 11 is 0. The van der Waals surface area contributed by atoms with Gasteiger partial charge in [-0.1, -0.05) is 18.2 Å². The minimum atomic E-state index is -4.83. The van der Waals surface area contributed by atoms with Gasteiger partial charge in [0, 0.05) is 7.05 Å². The molecule has 10 nitrogen and oxygen atoms in total. The van der Waals surface area contributed by atoms with Gasteiger partial charge in [0.05, 0.1) is 5.69 Å². The van der Waals surface area contributed by atoms with Gasteiger partial charge in [0.25, 0.3) is 26.1 Å². The van der Waals surface area contributed by atoms with Crippen LogP contribution in [0.1, 0.15) is 6.92 Å². The summed E-state index contributed by atoms with van der Waals surface area (Å²) in [7, 11) is -6.89. The van der Waals surface area contributed by atoms with E-state index < -0.39 is 42.9 Å². The Bertz CT molecular complexity index is 872. The molecule has 0 spiro atoms. The topological polar surface area (TPSA) is 136 Å². The number of nitrogens with zero attached hydrogens (tertiary/aromatic N) is 3. The number of anilines is 1. The average molecular weight is 393 g/mol. The van der Waals surface area contributed by atoms with E-state index in [1.807, 2.05) is 0 Å². The highest BCUT2D eigenvalue weighted by Crippen LogP contribution is 2.39. The molecule has 25 heavy (non-hydrogen) atoms. The first-order chi connectivity index (χ1) is 11.3. The summed E-state index contributed by atoms with van der Waals surface area (Å²) in [5.41, 5.74) is 0.340. The molecule has 0 saturated carbocycles. The molecule has 2 atom stereocenters. The van der Waals surface area contributed by atoms with Gasteiger partial charge in [0.15, 0.2) is 4.87 Å². The number of hydrogen-bond donors (Lipinski definition) is 2. The lowest BCUT2D eigenvalue weighted by atomic mass is 10.1. The molecule has 2 unspecified atom stereocenters. The van der Waals surface area contributed by atoms with Crippen molar-refractivity contribution in [3.8, 4) is 0 Å². The molecule has 0 radical (unpaired) electrons. The quantitative estimate of drug-likeness (QED) is 0.642. The highest BCUT2D eigenvalue weighted by Gasteiger charge is 2.63. The predicted molar refractivity (Wildman–Crippen MR) is 89.6 cm³/mol. The molecule has 1 aromatic rings. The number of carbonyl (C=O) groups excluding carboxylic acids is 1. The standard InChI is InChI=1S/C13H19N3O7S2/c1-13(25(21,22)23)11(14(2)9-24(18,19)20)12(17)16(15(13)3)10-7-5-4-6-8-10/h4-8,11H,9H2,1-3H3,(H,18,19,20)(H,21,22,23). The van der Waals surface area contributed by atoms with E-state index in [-0.39, 0.29) is 0 Å². The average Bonchev–Trinajstić information content (AvgIpc) is 2.65. The van der Waals surface area contributed by atoms with Crippen LogP contribution in [-0.2, 0) is 25.0 Å². The summed E-state index contributed by atoms with van der Waals surface area (Å²) in [4.78, 5) is 11.6. The highest BCUT2D eigenvalue weighted by molar-refractivity contribution is 7.87. The van der Waals surface area contributed by atoms with Crippen LogP contribution >= 0.6 is 0 Å². The third-order valence-electron chi connectivity index (χ3n) is 4.22. The van der Waals surface area contributed by atoms with Gasteiger partial charge in [0.2, 0.25) is 0 Å². The van der Waals surface area contributed by atoms with E-state index in [0.29, 0.717) is 5.69 Å².